The molecular formula is C15H21NO3. The van der Waals surface area contributed by atoms with Crippen molar-refractivity contribution in [1.82, 2.24) is 4.90 Å². The topological polar surface area (TPSA) is 49.8 Å². The SMILES string of the molecule is O=C(CN1CCC(OCCO)CC1)c1ccccc1. The van der Waals surface area contributed by atoms with Gasteiger partial charge in [-0.15, -0.1) is 0 Å². The van der Waals surface area contributed by atoms with Crippen LogP contribution in [0.15, 0.2) is 30.3 Å². The van der Waals surface area contributed by atoms with Gasteiger partial charge < -0.3 is 9.84 Å². The van der Waals surface area contributed by atoms with Crippen molar-refractivity contribution >= 4 is 5.78 Å². The minimum atomic E-state index is 0.0761. The molecule has 1 aromatic rings. The molecule has 0 radical (unpaired) electrons. The van der Waals surface area contributed by atoms with E-state index in [9.17, 15) is 4.79 Å². The Balaban J connectivity index is 1.75. The number of piperidine rings is 1. The van der Waals surface area contributed by atoms with E-state index in [1.54, 1.807) is 0 Å². The van der Waals surface area contributed by atoms with Gasteiger partial charge >= 0.3 is 0 Å². The summed E-state index contributed by atoms with van der Waals surface area (Å²) in [5.41, 5.74) is 0.779. The lowest BCUT2D eigenvalue weighted by Gasteiger charge is -2.31. The molecule has 1 aliphatic rings. The van der Waals surface area contributed by atoms with Crippen molar-refractivity contribution in [2.75, 3.05) is 32.8 Å². The summed E-state index contributed by atoms with van der Waals surface area (Å²) in [7, 11) is 0. The minimum absolute atomic E-state index is 0.0761. The van der Waals surface area contributed by atoms with Crippen molar-refractivity contribution in [3.05, 3.63) is 35.9 Å². The molecule has 0 amide bonds. The van der Waals surface area contributed by atoms with Crippen LogP contribution in [-0.2, 0) is 4.74 Å². The normalized spacial score (nSPS) is 17.5. The zero-order valence-electron chi connectivity index (χ0n) is 11.1. The lowest BCUT2D eigenvalue weighted by Crippen LogP contribution is -2.40. The second kappa shape index (κ2) is 7.38. The molecule has 0 saturated carbocycles. The molecule has 4 heteroatoms. The Morgan fingerprint density at radius 1 is 1.26 bits per heavy atom. The number of Topliss-reactive ketones (excluding diaryl/α,β-unsaturated/α-hetero) is 1. The van der Waals surface area contributed by atoms with E-state index in [-0.39, 0.29) is 18.5 Å². The number of aliphatic hydroxyl groups excluding tert-OH is 1. The fourth-order valence-corrected chi connectivity index (χ4v) is 2.37. The summed E-state index contributed by atoms with van der Waals surface area (Å²) in [5.74, 6) is 0.176. The minimum Gasteiger partial charge on any atom is -0.394 e. The number of nitrogens with zero attached hydrogens (tertiary/aromatic N) is 1. The first-order chi connectivity index (χ1) is 9.29. The summed E-state index contributed by atoms with van der Waals surface area (Å²) >= 11 is 0. The number of ketones is 1. The molecule has 0 unspecified atom stereocenters. The van der Waals surface area contributed by atoms with Gasteiger partial charge in [-0.05, 0) is 12.8 Å². The van der Waals surface area contributed by atoms with Crippen molar-refractivity contribution in [3.8, 4) is 0 Å². The van der Waals surface area contributed by atoms with Gasteiger partial charge in [0.1, 0.15) is 0 Å². The maximum Gasteiger partial charge on any atom is 0.176 e. The number of hydrogen-bond acceptors (Lipinski definition) is 4. The van der Waals surface area contributed by atoms with E-state index in [1.807, 2.05) is 30.3 Å². The fourth-order valence-electron chi connectivity index (χ4n) is 2.37. The Morgan fingerprint density at radius 2 is 1.95 bits per heavy atom. The van der Waals surface area contributed by atoms with Crippen LogP contribution in [0.5, 0.6) is 0 Å². The van der Waals surface area contributed by atoms with Crippen LogP contribution in [0.1, 0.15) is 23.2 Å². The largest absolute Gasteiger partial charge is 0.394 e. The van der Waals surface area contributed by atoms with E-state index in [0.717, 1.165) is 31.5 Å². The first kappa shape index (κ1) is 14.2. The van der Waals surface area contributed by atoms with Crippen LogP contribution in [0.2, 0.25) is 0 Å². The number of benzene rings is 1. The quantitative estimate of drug-likeness (QED) is 0.787. The lowest BCUT2D eigenvalue weighted by atomic mass is 10.1. The van der Waals surface area contributed by atoms with Crippen molar-refractivity contribution < 1.29 is 14.6 Å². The Labute approximate surface area is 114 Å². The van der Waals surface area contributed by atoms with Crippen molar-refractivity contribution in [2.45, 2.75) is 18.9 Å². The molecule has 104 valence electrons. The summed E-state index contributed by atoms with van der Waals surface area (Å²) in [5, 5.41) is 8.71. The van der Waals surface area contributed by atoms with Crippen LogP contribution in [0.25, 0.3) is 0 Å². The molecule has 2 rings (SSSR count). The molecule has 1 aromatic carbocycles. The van der Waals surface area contributed by atoms with Gasteiger partial charge in [-0.3, -0.25) is 9.69 Å². The Morgan fingerprint density at radius 3 is 2.58 bits per heavy atom. The van der Waals surface area contributed by atoms with Crippen LogP contribution in [0.4, 0.5) is 0 Å². The van der Waals surface area contributed by atoms with E-state index >= 15 is 0 Å². The van der Waals surface area contributed by atoms with E-state index in [4.69, 9.17) is 9.84 Å². The average Bonchev–Trinajstić information content (AvgIpc) is 2.47. The van der Waals surface area contributed by atoms with Crippen LogP contribution in [0.3, 0.4) is 0 Å². The molecule has 4 nitrogen and oxygen atoms in total. The third-order valence-electron chi connectivity index (χ3n) is 3.44. The van der Waals surface area contributed by atoms with Gasteiger partial charge in [0.15, 0.2) is 5.78 Å². The predicted molar refractivity (Wildman–Crippen MR) is 73.3 cm³/mol. The maximum absolute atomic E-state index is 12.1. The van der Waals surface area contributed by atoms with Crippen molar-refractivity contribution in [3.63, 3.8) is 0 Å². The van der Waals surface area contributed by atoms with Crippen molar-refractivity contribution in [1.29, 1.82) is 0 Å². The summed E-state index contributed by atoms with van der Waals surface area (Å²) in [6.45, 7) is 2.74. The molecular weight excluding hydrogens is 242 g/mol. The number of ether oxygens (including phenoxy) is 1. The van der Waals surface area contributed by atoms with Gasteiger partial charge in [-0.25, -0.2) is 0 Å². The highest BCUT2D eigenvalue weighted by molar-refractivity contribution is 5.97. The van der Waals surface area contributed by atoms with Gasteiger partial charge in [-0.1, -0.05) is 30.3 Å². The number of carbonyl (C=O) groups excluding carboxylic acids is 1. The molecule has 1 heterocycles. The van der Waals surface area contributed by atoms with Crippen LogP contribution in [0, 0.1) is 0 Å². The number of rotatable bonds is 6. The monoisotopic (exact) mass is 263 g/mol. The zero-order valence-corrected chi connectivity index (χ0v) is 11.1. The first-order valence-corrected chi connectivity index (χ1v) is 6.82. The molecule has 1 saturated heterocycles. The third kappa shape index (κ3) is 4.42. The second-order valence-corrected chi connectivity index (χ2v) is 4.86. The molecule has 0 bridgehead atoms. The molecule has 0 aliphatic carbocycles. The average molecular weight is 263 g/mol. The van der Waals surface area contributed by atoms with Gasteiger partial charge in [0.2, 0.25) is 0 Å². The number of aliphatic hydroxyl groups is 1. The highest BCUT2D eigenvalue weighted by Gasteiger charge is 2.21. The number of hydrogen-bond donors (Lipinski definition) is 1. The highest BCUT2D eigenvalue weighted by Crippen LogP contribution is 2.14. The smallest absolute Gasteiger partial charge is 0.176 e. The van der Waals surface area contributed by atoms with E-state index in [2.05, 4.69) is 4.90 Å². The fraction of sp³-hybridized carbons (Fsp3) is 0.533. The summed E-state index contributed by atoms with van der Waals surface area (Å²) < 4.78 is 5.51. The van der Waals surface area contributed by atoms with E-state index in [1.165, 1.54) is 0 Å². The summed E-state index contributed by atoms with van der Waals surface area (Å²) in [6, 6.07) is 9.42. The van der Waals surface area contributed by atoms with Gasteiger partial charge in [-0.2, -0.15) is 0 Å². The number of likely N-dealkylation sites (tertiary alicyclic amines) is 1. The number of carbonyl (C=O) groups is 1. The van der Waals surface area contributed by atoms with Gasteiger partial charge in [0.05, 0.1) is 25.9 Å². The first-order valence-electron chi connectivity index (χ1n) is 6.82. The molecule has 1 fully saturated rings. The van der Waals surface area contributed by atoms with Crippen LogP contribution in [-0.4, -0.2) is 54.7 Å². The van der Waals surface area contributed by atoms with E-state index < -0.39 is 0 Å². The molecule has 19 heavy (non-hydrogen) atoms. The van der Waals surface area contributed by atoms with Gasteiger partial charge in [0.25, 0.3) is 0 Å². The maximum atomic E-state index is 12.1. The Hall–Kier alpha value is -1.23. The van der Waals surface area contributed by atoms with E-state index in [0.29, 0.717) is 13.2 Å². The molecule has 1 N–H and O–H groups in total. The summed E-state index contributed by atoms with van der Waals surface area (Å²) in [4.78, 5) is 14.2. The second-order valence-electron chi connectivity index (χ2n) is 4.86. The molecule has 1 aliphatic heterocycles. The predicted octanol–water partition coefficient (Wildman–Crippen LogP) is 1.34. The molecule has 0 spiro atoms. The summed E-state index contributed by atoms with van der Waals surface area (Å²) in [6.07, 6.45) is 2.10. The highest BCUT2D eigenvalue weighted by atomic mass is 16.5. The molecule has 0 atom stereocenters. The van der Waals surface area contributed by atoms with Crippen molar-refractivity contribution in [2.24, 2.45) is 0 Å². The lowest BCUT2D eigenvalue weighted by molar-refractivity contribution is -0.00689. The molecule has 0 aromatic heterocycles. The van der Waals surface area contributed by atoms with Crippen LogP contribution < -0.4 is 0 Å². The zero-order chi connectivity index (χ0) is 13.5. The Kier molecular flexibility index (Phi) is 5.51. The third-order valence-corrected chi connectivity index (χ3v) is 3.44. The standard InChI is InChI=1S/C15H21NO3/c17-10-11-19-14-6-8-16(9-7-14)12-15(18)13-4-2-1-3-5-13/h1-5,14,17H,6-12H2. The van der Waals surface area contributed by atoms with Gasteiger partial charge in [0, 0.05) is 18.7 Å². The van der Waals surface area contributed by atoms with Crippen LogP contribution >= 0.6 is 0 Å². The Bertz CT molecular complexity index is 386.